The molecule has 0 atom stereocenters. The molecular formula is C22H18Cl2N2O4S. The molecule has 1 amide bonds. The maximum Gasteiger partial charge on any atom is 0.268 e. The number of nitrogens with one attached hydrogen (secondary N) is 1. The average Bonchev–Trinajstić information content (AvgIpc) is 3.18. The van der Waals surface area contributed by atoms with Crippen molar-refractivity contribution < 1.29 is 17.9 Å². The van der Waals surface area contributed by atoms with Gasteiger partial charge in [-0.15, -0.1) is 0 Å². The lowest BCUT2D eigenvalue weighted by atomic mass is 10.1. The van der Waals surface area contributed by atoms with Gasteiger partial charge in [0.2, 0.25) is 0 Å². The van der Waals surface area contributed by atoms with Gasteiger partial charge in [-0.05, 0) is 60.5 Å². The molecule has 1 N–H and O–H groups in total. The van der Waals surface area contributed by atoms with Crippen molar-refractivity contribution in [3.63, 3.8) is 0 Å². The number of anilines is 2. The fourth-order valence-electron chi connectivity index (χ4n) is 3.48. The van der Waals surface area contributed by atoms with E-state index in [1.54, 1.807) is 48.5 Å². The summed E-state index contributed by atoms with van der Waals surface area (Å²) in [5.74, 6) is -0.164. The van der Waals surface area contributed by atoms with Crippen molar-refractivity contribution in [1.29, 1.82) is 0 Å². The maximum atomic E-state index is 13.4. The van der Waals surface area contributed by atoms with Crippen LogP contribution in [-0.4, -0.2) is 28.0 Å². The van der Waals surface area contributed by atoms with Gasteiger partial charge in [-0.3, -0.25) is 9.10 Å². The second kappa shape index (κ2) is 8.42. The highest BCUT2D eigenvalue weighted by Gasteiger charge is 2.33. The molecule has 0 unspecified atom stereocenters. The first-order valence-corrected chi connectivity index (χ1v) is 11.6. The van der Waals surface area contributed by atoms with Gasteiger partial charge in [-0.1, -0.05) is 35.3 Å². The van der Waals surface area contributed by atoms with E-state index in [0.717, 1.165) is 5.56 Å². The second-order valence-corrected chi connectivity index (χ2v) is 9.63. The van der Waals surface area contributed by atoms with Gasteiger partial charge < -0.3 is 10.1 Å². The zero-order chi connectivity index (χ0) is 22.2. The van der Waals surface area contributed by atoms with E-state index in [9.17, 15) is 13.2 Å². The van der Waals surface area contributed by atoms with E-state index in [1.807, 2.05) is 0 Å². The highest BCUT2D eigenvalue weighted by Crippen LogP contribution is 2.37. The maximum absolute atomic E-state index is 13.4. The first-order chi connectivity index (χ1) is 14.8. The van der Waals surface area contributed by atoms with Crippen LogP contribution in [0.5, 0.6) is 5.75 Å². The monoisotopic (exact) mass is 476 g/mol. The van der Waals surface area contributed by atoms with Crippen LogP contribution >= 0.6 is 23.2 Å². The van der Waals surface area contributed by atoms with Crippen molar-refractivity contribution in [2.24, 2.45) is 0 Å². The number of fused-ring (bicyclic) bond motifs is 1. The van der Waals surface area contributed by atoms with Crippen molar-refractivity contribution >= 4 is 50.5 Å². The molecule has 3 aromatic carbocycles. The SMILES string of the molecule is COc1ccc(Cl)cc1S(=O)(=O)N1CCc2ccc(C(=O)Nc3cccc(Cl)c3)cc21. The quantitative estimate of drug-likeness (QED) is 0.561. The van der Waals surface area contributed by atoms with E-state index >= 15 is 0 Å². The van der Waals surface area contributed by atoms with Crippen LogP contribution in [0.2, 0.25) is 10.0 Å². The number of sulfonamides is 1. The van der Waals surface area contributed by atoms with Gasteiger partial charge in [0.25, 0.3) is 15.9 Å². The zero-order valence-electron chi connectivity index (χ0n) is 16.4. The van der Waals surface area contributed by atoms with Gasteiger partial charge >= 0.3 is 0 Å². The van der Waals surface area contributed by atoms with Crippen molar-refractivity contribution in [1.82, 2.24) is 0 Å². The van der Waals surface area contributed by atoms with Crippen LogP contribution in [0, 0.1) is 0 Å². The Labute approximate surface area is 190 Å². The second-order valence-electron chi connectivity index (χ2n) is 6.93. The summed E-state index contributed by atoms with van der Waals surface area (Å²) in [6, 6.07) is 16.3. The van der Waals surface area contributed by atoms with E-state index in [1.165, 1.54) is 23.5 Å². The molecular weight excluding hydrogens is 459 g/mol. The number of rotatable bonds is 5. The van der Waals surface area contributed by atoms with E-state index in [4.69, 9.17) is 27.9 Å². The van der Waals surface area contributed by atoms with Crippen molar-refractivity contribution in [3.05, 3.63) is 81.8 Å². The molecule has 6 nitrogen and oxygen atoms in total. The third-order valence-corrected chi connectivity index (χ3v) is 7.28. The Morgan fingerprint density at radius 3 is 2.55 bits per heavy atom. The first kappa shape index (κ1) is 21.5. The number of hydrogen-bond acceptors (Lipinski definition) is 4. The summed E-state index contributed by atoms with van der Waals surface area (Å²) >= 11 is 12.0. The van der Waals surface area contributed by atoms with Crippen LogP contribution in [-0.2, 0) is 16.4 Å². The molecule has 0 fully saturated rings. The molecule has 0 radical (unpaired) electrons. The molecule has 1 aliphatic heterocycles. The molecule has 0 spiro atoms. The number of methoxy groups -OCH3 is 1. The minimum absolute atomic E-state index is 0.0240. The van der Waals surface area contributed by atoms with Crippen LogP contribution in [0.3, 0.4) is 0 Å². The van der Waals surface area contributed by atoms with E-state index in [0.29, 0.717) is 28.4 Å². The zero-order valence-corrected chi connectivity index (χ0v) is 18.8. The molecule has 1 aliphatic rings. The number of amides is 1. The highest BCUT2D eigenvalue weighted by molar-refractivity contribution is 7.93. The molecule has 0 aliphatic carbocycles. The molecule has 0 saturated heterocycles. The van der Waals surface area contributed by atoms with Gasteiger partial charge in [0.1, 0.15) is 10.6 Å². The van der Waals surface area contributed by atoms with Crippen LogP contribution in [0.15, 0.2) is 65.6 Å². The van der Waals surface area contributed by atoms with Gasteiger partial charge in [0, 0.05) is 27.8 Å². The number of hydrogen-bond donors (Lipinski definition) is 1. The minimum Gasteiger partial charge on any atom is -0.495 e. The Bertz CT molecular complexity index is 1280. The lowest BCUT2D eigenvalue weighted by molar-refractivity contribution is 0.102. The van der Waals surface area contributed by atoms with E-state index in [2.05, 4.69) is 5.32 Å². The highest BCUT2D eigenvalue weighted by atomic mass is 35.5. The lowest BCUT2D eigenvalue weighted by Crippen LogP contribution is -2.29. The summed E-state index contributed by atoms with van der Waals surface area (Å²) in [7, 11) is -2.55. The fraction of sp³-hybridized carbons (Fsp3) is 0.136. The number of halogens is 2. The topological polar surface area (TPSA) is 75.7 Å². The summed E-state index contributed by atoms with van der Waals surface area (Å²) in [5, 5.41) is 3.56. The van der Waals surface area contributed by atoms with Crippen LogP contribution in [0.25, 0.3) is 0 Å². The number of ether oxygens (including phenoxy) is 1. The lowest BCUT2D eigenvalue weighted by Gasteiger charge is -2.21. The standard InChI is InChI=1S/C22H18Cl2N2O4S/c1-30-20-8-7-17(24)13-21(20)31(28,29)26-10-9-14-5-6-15(11-19(14)26)22(27)25-18-4-2-3-16(23)12-18/h2-8,11-13H,9-10H2,1H3,(H,25,27). The summed E-state index contributed by atoms with van der Waals surface area (Å²) in [4.78, 5) is 12.7. The predicted molar refractivity (Wildman–Crippen MR) is 122 cm³/mol. The largest absolute Gasteiger partial charge is 0.495 e. The Balaban J connectivity index is 1.68. The fourth-order valence-corrected chi connectivity index (χ4v) is 5.59. The molecule has 1 heterocycles. The van der Waals surface area contributed by atoms with Crippen molar-refractivity contribution in [3.8, 4) is 5.75 Å². The van der Waals surface area contributed by atoms with Gasteiger partial charge in [0.15, 0.2) is 0 Å². The third kappa shape index (κ3) is 4.21. The number of carbonyl (C=O) groups is 1. The molecule has 0 aromatic heterocycles. The number of nitrogens with zero attached hydrogens (tertiary/aromatic N) is 1. The summed E-state index contributed by atoms with van der Waals surface area (Å²) in [6.07, 6.45) is 0.535. The number of carbonyl (C=O) groups excluding carboxylic acids is 1. The minimum atomic E-state index is -3.95. The smallest absolute Gasteiger partial charge is 0.268 e. The van der Waals surface area contributed by atoms with Crippen LogP contribution in [0.1, 0.15) is 15.9 Å². The first-order valence-electron chi connectivity index (χ1n) is 9.36. The Hall–Kier alpha value is -2.74. The Morgan fingerprint density at radius 1 is 1.03 bits per heavy atom. The molecule has 0 saturated carbocycles. The van der Waals surface area contributed by atoms with E-state index in [-0.39, 0.29) is 28.1 Å². The van der Waals surface area contributed by atoms with Gasteiger partial charge in [-0.25, -0.2) is 8.42 Å². The third-order valence-electron chi connectivity index (χ3n) is 4.98. The van der Waals surface area contributed by atoms with Gasteiger partial charge in [0.05, 0.1) is 12.8 Å². The molecule has 160 valence electrons. The molecule has 0 bridgehead atoms. The molecule has 3 aromatic rings. The summed E-state index contributed by atoms with van der Waals surface area (Å²) < 4.78 is 33.3. The van der Waals surface area contributed by atoms with Gasteiger partial charge in [-0.2, -0.15) is 0 Å². The average molecular weight is 477 g/mol. The molecule has 4 rings (SSSR count). The Morgan fingerprint density at radius 2 is 1.81 bits per heavy atom. The summed E-state index contributed by atoms with van der Waals surface area (Å²) in [6.45, 7) is 0.257. The molecule has 31 heavy (non-hydrogen) atoms. The van der Waals surface area contributed by atoms with Crippen LogP contribution < -0.4 is 14.4 Å². The number of benzene rings is 3. The Kier molecular flexibility index (Phi) is 5.83. The normalized spacial score (nSPS) is 13.1. The molecule has 9 heteroatoms. The van der Waals surface area contributed by atoms with E-state index < -0.39 is 10.0 Å². The summed E-state index contributed by atoms with van der Waals surface area (Å²) in [5.41, 5.74) is 2.18. The predicted octanol–water partition coefficient (Wildman–Crippen LogP) is 5.01. The van der Waals surface area contributed by atoms with Crippen LogP contribution in [0.4, 0.5) is 11.4 Å². The van der Waals surface area contributed by atoms with Crippen molar-refractivity contribution in [2.75, 3.05) is 23.3 Å². The van der Waals surface area contributed by atoms with Crippen molar-refractivity contribution in [2.45, 2.75) is 11.3 Å².